The van der Waals surface area contributed by atoms with E-state index in [0.717, 1.165) is 16.7 Å². The minimum atomic E-state index is -1.11. The van der Waals surface area contributed by atoms with Crippen LogP contribution < -0.4 is 21.3 Å². The van der Waals surface area contributed by atoms with Crippen LogP contribution in [0.15, 0.2) is 91.0 Å². The first-order chi connectivity index (χ1) is 24.5. The lowest BCUT2D eigenvalue weighted by atomic mass is 10.1. The Balaban J connectivity index is 1.58. The molecule has 0 fully saturated rings. The Bertz CT molecular complexity index is 1520. The summed E-state index contributed by atoms with van der Waals surface area (Å²) >= 11 is 0. The predicted molar refractivity (Wildman–Crippen MR) is 189 cm³/mol. The average Bonchev–Trinajstić information content (AvgIpc) is 3.11. The van der Waals surface area contributed by atoms with Crippen LogP contribution in [-0.4, -0.2) is 60.9 Å². The van der Waals surface area contributed by atoms with Crippen molar-refractivity contribution in [1.29, 1.82) is 0 Å². The van der Waals surface area contributed by atoms with Gasteiger partial charge in [0.05, 0.1) is 0 Å². The molecule has 0 saturated carbocycles. The van der Waals surface area contributed by atoms with E-state index in [1.807, 2.05) is 78.9 Å². The average molecular weight is 705 g/mol. The molecule has 4 N–H and O–H groups in total. The third kappa shape index (κ3) is 17.1. The number of benzene rings is 3. The molecule has 274 valence electrons. The fourth-order valence-electron chi connectivity index (χ4n) is 4.61. The first-order valence-electron chi connectivity index (χ1n) is 16.9. The molecule has 0 heterocycles. The summed E-state index contributed by atoms with van der Waals surface area (Å²) in [4.78, 5) is 63.9. The lowest BCUT2D eigenvalue weighted by molar-refractivity contribution is -0.149. The highest BCUT2D eigenvalue weighted by molar-refractivity contribution is 5.89. The number of nitrogens with one attached hydrogen (secondary N) is 4. The fraction of sp³-hybridized carbons (Fsp3) is 0.395. The maximum atomic E-state index is 13.6. The molecule has 3 aromatic rings. The van der Waals surface area contributed by atoms with E-state index in [1.165, 1.54) is 0 Å². The van der Waals surface area contributed by atoms with E-state index in [-0.39, 0.29) is 52.2 Å². The lowest BCUT2D eigenvalue weighted by Crippen LogP contribution is -2.52. The van der Waals surface area contributed by atoms with Crippen molar-refractivity contribution in [3.05, 3.63) is 108 Å². The van der Waals surface area contributed by atoms with Gasteiger partial charge in [-0.15, -0.1) is 0 Å². The number of carbonyl (C=O) groups excluding carboxylic acids is 5. The summed E-state index contributed by atoms with van der Waals surface area (Å²) in [5, 5.41) is 10.6. The molecule has 3 rings (SSSR count). The Morgan fingerprint density at radius 3 is 1.39 bits per heavy atom. The van der Waals surface area contributed by atoms with E-state index in [2.05, 4.69) is 21.3 Å². The summed E-state index contributed by atoms with van der Waals surface area (Å²) in [6.07, 6.45) is -1.27. The zero-order chi connectivity index (χ0) is 36.9. The van der Waals surface area contributed by atoms with Crippen LogP contribution in [-0.2, 0) is 48.4 Å². The maximum absolute atomic E-state index is 13.6. The molecular weight excluding hydrogens is 656 g/mol. The second kappa shape index (κ2) is 21.5. The van der Waals surface area contributed by atoms with E-state index < -0.39 is 47.8 Å². The van der Waals surface area contributed by atoms with Gasteiger partial charge in [0, 0.05) is 13.1 Å². The zero-order valence-electron chi connectivity index (χ0n) is 29.4. The van der Waals surface area contributed by atoms with Gasteiger partial charge in [-0.3, -0.25) is 4.79 Å². The third-order valence-corrected chi connectivity index (χ3v) is 7.14. The summed E-state index contributed by atoms with van der Waals surface area (Å²) < 4.78 is 21.3. The van der Waals surface area contributed by atoms with Crippen LogP contribution in [0.3, 0.4) is 0 Å². The number of ether oxygens (including phenoxy) is 4. The van der Waals surface area contributed by atoms with Gasteiger partial charge in [-0.2, -0.15) is 0 Å². The van der Waals surface area contributed by atoms with Gasteiger partial charge in [0.2, 0.25) is 5.91 Å². The molecule has 0 aliphatic rings. The second-order valence-corrected chi connectivity index (χ2v) is 12.6. The smallest absolute Gasteiger partial charge is 0.408 e. The molecule has 0 saturated heterocycles. The van der Waals surface area contributed by atoms with Gasteiger partial charge in [0.1, 0.15) is 37.5 Å². The Morgan fingerprint density at radius 1 is 0.549 bits per heavy atom. The number of hydrogen-bond acceptors (Lipinski definition) is 9. The van der Waals surface area contributed by atoms with Crippen LogP contribution in [0, 0.1) is 0 Å². The number of hydrogen-bond donors (Lipinski definition) is 4. The predicted octanol–water partition coefficient (Wildman–Crippen LogP) is 5.52. The minimum Gasteiger partial charge on any atom is -0.459 e. The minimum absolute atomic E-state index is 0.0122. The molecule has 2 atom stereocenters. The summed E-state index contributed by atoms with van der Waals surface area (Å²) in [5.41, 5.74) is 1.61. The normalized spacial score (nSPS) is 12.0. The maximum Gasteiger partial charge on any atom is 0.408 e. The van der Waals surface area contributed by atoms with Crippen molar-refractivity contribution >= 4 is 30.2 Å². The highest BCUT2D eigenvalue weighted by Crippen LogP contribution is 2.10. The van der Waals surface area contributed by atoms with Crippen molar-refractivity contribution < 1.29 is 42.9 Å². The van der Waals surface area contributed by atoms with Crippen LogP contribution in [0.5, 0.6) is 0 Å². The second-order valence-electron chi connectivity index (χ2n) is 12.6. The van der Waals surface area contributed by atoms with Crippen molar-refractivity contribution in [2.24, 2.45) is 0 Å². The SMILES string of the molecule is CC(C)(C)OC(=O)NC(CCCNC(=O)OCc1ccccc1)C(=O)NC(CCCNC(=O)OCc1ccccc1)C(=O)OCc1ccccc1. The van der Waals surface area contributed by atoms with E-state index in [9.17, 15) is 24.0 Å². The van der Waals surface area contributed by atoms with Gasteiger partial charge < -0.3 is 40.2 Å². The topological polar surface area (TPSA) is 170 Å². The van der Waals surface area contributed by atoms with E-state index >= 15 is 0 Å². The van der Waals surface area contributed by atoms with Gasteiger partial charge in [-0.25, -0.2) is 19.2 Å². The van der Waals surface area contributed by atoms with Crippen LogP contribution in [0.25, 0.3) is 0 Å². The molecule has 0 spiro atoms. The number of amides is 4. The molecule has 13 heteroatoms. The number of carbonyl (C=O) groups is 5. The largest absolute Gasteiger partial charge is 0.459 e. The summed E-state index contributed by atoms with van der Waals surface area (Å²) in [5.74, 6) is -1.33. The summed E-state index contributed by atoms with van der Waals surface area (Å²) in [6, 6.07) is 25.3. The summed E-state index contributed by atoms with van der Waals surface area (Å²) in [6.45, 7) is 5.59. The quantitative estimate of drug-likeness (QED) is 0.0756. The molecule has 0 aromatic heterocycles. The molecule has 0 aliphatic heterocycles. The Kier molecular flexibility index (Phi) is 16.8. The number of alkyl carbamates (subject to hydrolysis) is 3. The van der Waals surface area contributed by atoms with Crippen molar-refractivity contribution in [3.63, 3.8) is 0 Å². The van der Waals surface area contributed by atoms with Gasteiger partial charge in [-0.1, -0.05) is 91.0 Å². The fourth-order valence-corrected chi connectivity index (χ4v) is 4.61. The monoisotopic (exact) mass is 704 g/mol. The molecule has 0 bridgehead atoms. The van der Waals surface area contributed by atoms with Gasteiger partial charge in [-0.05, 0) is 63.1 Å². The van der Waals surface area contributed by atoms with Crippen LogP contribution in [0.1, 0.15) is 63.1 Å². The van der Waals surface area contributed by atoms with Gasteiger partial charge in [0.15, 0.2) is 0 Å². The third-order valence-electron chi connectivity index (χ3n) is 7.14. The number of esters is 1. The van der Waals surface area contributed by atoms with Gasteiger partial charge in [0.25, 0.3) is 0 Å². The summed E-state index contributed by atoms with van der Waals surface area (Å²) in [7, 11) is 0. The van der Waals surface area contributed by atoms with Crippen LogP contribution in [0.4, 0.5) is 14.4 Å². The van der Waals surface area contributed by atoms with Crippen molar-refractivity contribution in [2.45, 2.75) is 84.0 Å². The molecule has 51 heavy (non-hydrogen) atoms. The van der Waals surface area contributed by atoms with E-state index in [0.29, 0.717) is 6.42 Å². The van der Waals surface area contributed by atoms with Crippen molar-refractivity contribution in [3.8, 4) is 0 Å². The molecule has 0 aliphatic carbocycles. The van der Waals surface area contributed by atoms with Crippen LogP contribution in [0.2, 0.25) is 0 Å². The van der Waals surface area contributed by atoms with Crippen molar-refractivity contribution in [2.75, 3.05) is 13.1 Å². The van der Waals surface area contributed by atoms with Crippen molar-refractivity contribution in [1.82, 2.24) is 21.3 Å². The molecule has 13 nitrogen and oxygen atoms in total. The highest BCUT2D eigenvalue weighted by atomic mass is 16.6. The highest BCUT2D eigenvalue weighted by Gasteiger charge is 2.29. The molecule has 2 unspecified atom stereocenters. The Hall–Kier alpha value is -5.59. The number of rotatable bonds is 18. The molecule has 0 radical (unpaired) electrons. The molecule has 4 amide bonds. The van der Waals surface area contributed by atoms with E-state index in [4.69, 9.17) is 18.9 Å². The van der Waals surface area contributed by atoms with Crippen LogP contribution >= 0.6 is 0 Å². The molecular formula is C38H48N4O9. The zero-order valence-corrected chi connectivity index (χ0v) is 29.4. The lowest BCUT2D eigenvalue weighted by Gasteiger charge is -2.25. The first kappa shape index (κ1) is 39.8. The van der Waals surface area contributed by atoms with Gasteiger partial charge >= 0.3 is 24.2 Å². The molecule has 3 aromatic carbocycles. The first-order valence-corrected chi connectivity index (χ1v) is 16.9. The Morgan fingerprint density at radius 2 is 0.961 bits per heavy atom. The van der Waals surface area contributed by atoms with E-state index in [1.54, 1.807) is 32.9 Å². The Labute approximate surface area is 298 Å². The standard InChI is InChI=1S/C38H48N4O9/c1-38(2,3)51-37(47)42-31(21-13-23-39-35(45)49-26-29-17-9-5-10-18-29)33(43)41-32(34(44)48-25-28-15-7-4-8-16-28)22-14-24-40-36(46)50-27-30-19-11-6-12-20-30/h4-12,15-20,31-32H,13-14,21-27H2,1-3H3,(H,39,45)(H,40,46)(H,41,43)(H,42,47).